The van der Waals surface area contributed by atoms with E-state index in [-0.39, 0.29) is 12.4 Å². The minimum absolute atomic E-state index is 0. The molecule has 100 valence electrons. The molecule has 3 N–H and O–H groups in total. The second-order valence-corrected chi connectivity index (χ2v) is 4.19. The number of halogens is 2. The van der Waals surface area contributed by atoms with Gasteiger partial charge in [0.1, 0.15) is 5.75 Å². The summed E-state index contributed by atoms with van der Waals surface area (Å²) in [4.78, 5) is 13.9. The van der Waals surface area contributed by atoms with Crippen LogP contribution in [0.5, 0.6) is 5.75 Å². The van der Waals surface area contributed by atoms with Crippen LogP contribution in [0.1, 0.15) is 25.3 Å². The molecular weight excluding hydrogens is 270 g/mol. The van der Waals surface area contributed by atoms with Crippen molar-refractivity contribution >= 4 is 20.3 Å². The lowest BCUT2D eigenvalue weighted by molar-refractivity contribution is 0.322. The molecule has 0 saturated heterocycles. The van der Waals surface area contributed by atoms with Crippen molar-refractivity contribution in [2.24, 2.45) is 0 Å². The molecule has 1 rings (SSSR count). The molecule has 1 aromatic carbocycles. The lowest BCUT2D eigenvalue weighted by Crippen LogP contribution is -1.82. The van der Waals surface area contributed by atoms with Gasteiger partial charge in [0.05, 0.1) is 0 Å². The van der Waals surface area contributed by atoms with Crippen molar-refractivity contribution < 1.29 is 23.7 Å². The van der Waals surface area contributed by atoms with Gasteiger partial charge in [-0.25, -0.2) is 4.57 Å². The number of aromatic hydroxyl groups is 1. The third-order valence-corrected chi connectivity index (χ3v) is 1.73. The van der Waals surface area contributed by atoms with E-state index in [4.69, 9.17) is 19.5 Å². The third-order valence-electron chi connectivity index (χ3n) is 1.73. The number of hydrogen-bond donors (Lipinski definition) is 3. The molecule has 17 heavy (non-hydrogen) atoms. The van der Waals surface area contributed by atoms with Crippen molar-refractivity contribution in [1.82, 2.24) is 0 Å². The number of hydrogen-bond acceptors (Lipinski definition) is 2. The van der Waals surface area contributed by atoms with E-state index < -0.39 is 7.91 Å². The van der Waals surface area contributed by atoms with Crippen LogP contribution in [0.15, 0.2) is 24.3 Å². The second kappa shape index (κ2) is 9.42. The van der Waals surface area contributed by atoms with Crippen LogP contribution in [-0.2, 0) is 11.0 Å². The monoisotopic (exact) mass is 286 g/mol. The Labute approximate surface area is 106 Å². The van der Waals surface area contributed by atoms with Crippen LogP contribution in [-0.4, -0.2) is 14.9 Å². The summed E-state index contributed by atoms with van der Waals surface area (Å²) in [6, 6.07) is 7.47. The van der Waals surface area contributed by atoms with Crippen molar-refractivity contribution in [2.75, 3.05) is 0 Å². The van der Waals surface area contributed by atoms with Gasteiger partial charge in [0.25, 0.3) is 0 Å². The minimum Gasteiger partial charge on any atom is -0.508 e. The normalized spacial score (nSPS) is 9.88. The molecule has 4 nitrogen and oxygen atoms in total. The van der Waals surface area contributed by atoms with Crippen LogP contribution < -0.4 is 0 Å². The average Bonchev–Trinajstić information content (AvgIpc) is 2.12. The standard InChI is InChI=1S/C10H14O.ClH.FH2O3P/c1-2-3-5-9-6-4-7-10(11)8-9;;1-5(2,3)4/h4,6-8,11H,2-3,5H2,1H3;1H;(H2,2,3,4). The molecule has 0 atom stereocenters. The van der Waals surface area contributed by atoms with Gasteiger partial charge < -0.3 is 5.11 Å². The Morgan fingerprint density at radius 1 is 1.35 bits per heavy atom. The summed E-state index contributed by atoms with van der Waals surface area (Å²) in [6.07, 6.45) is 3.48. The predicted molar refractivity (Wildman–Crippen MR) is 67.1 cm³/mol. The molecule has 0 fully saturated rings. The molecule has 0 bridgehead atoms. The average molecular weight is 287 g/mol. The zero-order chi connectivity index (χ0) is 12.6. The van der Waals surface area contributed by atoms with Crippen molar-refractivity contribution in [3.8, 4) is 5.75 Å². The highest BCUT2D eigenvalue weighted by molar-refractivity contribution is 7.45. The lowest BCUT2D eigenvalue weighted by Gasteiger charge is -1.98. The van der Waals surface area contributed by atoms with Gasteiger partial charge in [-0.3, -0.25) is 9.79 Å². The Balaban J connectivity index is 0. The molecule has 0 aliphatic heterocycles. The Hall–Kier alpha value is -0.610. The number of rotatable bonds is 3. The van der Waals surface area contributed by atoms with Gasteiger partial charge in [-0.1, -0.05) is 25.5 Å². The van der Waals surface area contributed by atoms with Crippen LogP contribution in [0.4, 0.5) is 4.20 Å². The van der Waals surface area contributed by atoms with Crippen molar-refractivity contribution in [2.45, 2.75) is 26.2 Å². The van der Waals surface area contributed by atoms with Gasteiger partial charge in [0, 0.05) is 0 Å². The first-order valence-corrected chi connectivity index (χ1v) is 6.36. The zero-order valence-electron chi connectivity index (χ0n) is 9.41. The van der Waals surface area contributed by atoms with E-state index in [1.807, 2.05) is 12.1 Å². The number of phenolic OH excluding ortho intramolecular Hbond substituents is 1. The highest BCUT2D eigenvalue weighted by atomic mass is 35.5. The highest BCUT2D eigenvalue weighted by Crippen LogP contribution is 2.34. The summed E-state index contributed by atoms with van der Waals surface area (Å²) < 4.78 is 19.0. The zero-order valence-corrected chi connectivity index (χ0v) is 11.1. The SMILES string of the molecule is CCCCc1cccc(O)c1.Cl.O=P(O)(O)F. The first-order chi connectivity index (χ1) is 7.33. The van der Waals surface area contributed by atoms with Crippen LogP contribution in [0.25, 0.3) is 0 Å². The van der Waals surface area contributed by atoms with Gasteiger partial charge >= 0.3 is 7.91 Å². The lowest BCUT2D eigenvalue weighted by atomic mass is 10.1. The van der Waals surface area contributed by atoms with Crippen molar-refractivity contribution in [3.05, 3.63) is 29.8 Å². The predicted octanol–water partition coefficient (Wildman–Crippen LogP) is 3.21. The Kier molecular flexibility index (Phi) is 10.4. The molecule has 0 heterocycles. The fraction of sp³-hybridized carbons (Fsp3) is 0.400. The van der Waals surface area contributed by atoms with Crippen LogP contribution >= 0.6 is 20.3 Å². The first-order valence-electron chi connectivity index (χ1n) is 4.86. The third kappa shape index (κ3) is 15.4. The van der Waals surface area contributed by atoms with Gasteiger partial charge in [0.15, 0.2) is 0 Å². The summed E-state index contributed by atoms with van der Waals surface area (Å²) in [5.74, 6) is 0.374. The van der Waals surface area contributed by atoms with Gasteiger partial charge in [-0.15, -0.1) is 16.6 Å². The quantitative estimate of drug-likeness (QED) is 0.746. The molecule has 7 heteroatoms. The highest BCUT2D eigenvalue weighted by Gasteiger charge is 2.04. The van der Waals surface area contributed by atoms with E-state index in [0.29, 0.717) is 5.75 Å². The van der Waals surface area contributed by atoms with E-state index in [1.54, 1.807) is 6.07 Å². The molecule has 0 aliphatic carbocycles. The molecule has 0 amide bonds. The summed E-state index contributed by atoms with van der Waals surface area (Å²) in [5.41, 5.74) is 1.23. The molecule has 0 aliphatic rings. The summed E-state index contributed by atoms with van der Waals surface area (Å²) in [6.45, 7) is 2.17. The Morgan fingerprint density at radius 3 is 2.29 bits per heavy atom. The molecule has 0 radical (unpaired) electrons. The molecular formula is C10H17ClFO4P. The maximum atomic E-state index is 10.4. The van der Waals surface area contributed by atoms with E-state index in [9.17, 15) is 4.20 Å². The maximum absolute atomic E-state index is 10.4. The Morgan fingerprint density at radius 2 is 1.88 bits per heavy atom. The van der Waals surface area contributed by atoms with Crippen LogP contribution in [0, 0.1) is 0 Å². The van der Waals surface area contributed by atoms with Crippen molar-refractivity contribution in [3.63, 3.8) is 0 Å². The smallest absolute Gasteiger partial charge is 0.507 e. The second-order valence-electron chi connectivity index (χ2n) is 3.25. The molecule has 0 unspecified atom stereocenters. The van der Waals surface area contributed by atoms with Crippen LogP contribution in [0.2, 0.25) is 0 Å². The van der Waals surface area contributed by atoms with E-state index in [1.165, 1.54) is 18.4 Å². The van der Waals surface area contributed by atoms with Gasteiger partial charge in [-0.2, -0.15) is 0 Å². The fourth-order valence-corrected chi connectivity index (χ4v) is 1.09. The number of aryl methyl sites for hydroxylation is 1. The van der Waals surface area contributed by atoms with E-state index in [2.05, 4.69) is 13.0 Å². The maximum Gasteiger partial charge on any atom is 0.507 e. The number of unbranched alkanes of at least 4 members (excludes halogenated alkanes) is 1. The number of benzene rings is 1. The van der Waals surface area contributed by atoms with Crippen molar-refractivity contribution in [1.29, 1.82) is 0 Å². The van der Waals surface area contributed by atoms with Crippen LogP contribution in [0.3, 0.4) is 0 Å². The number of phenols is 1. The fourth-order valence-electron chi connectivity index (χ4n) is 1.09. The molecule has 1 aromatic rings. The minimum atomic E-state index is -5.14. The van der Waals surface area contributed by atoms with E-state index >= 15 is 0 Å². The first kappa shape index (κ1) is 18.7. The van der Waals surface area contributed by atoms with E-state index in [0.717, 1.165) is 6.42 Å². The molecule has 0 saturated carbocycles. The molecule has 0 spiro atoms. The van der Waals surface area contributed by atoms with Gasteiger partial charge in [0.2, 0.25) is 0 Å². The topological polar surface area (TPSA) is 77.8 Å². The van der Waals surface area contributed by atoms with Gasteiger partial charge in [-0.05, 0) is 30.5 Å². The largest absolute Gasteiger partial charge is 0.508 e. The summed E-state index contributed by atoms with van der Waals surface area (Å²) in [7, 11) is -5.14. The molecule has 0 aromatic heterocycles. The Bertz CT molecular complexity index is 348. The summed E-state index contributed by atoms with van der Waals surface area (Å²) >= 11 is 0. The summed E-state index contributed by atoms with van der Waals surface area (Å²) in [5, 5.41) is 9.11.